The van der Waals surface area contributed by atoms with Gasteiger partial charge in [-0.3, -0.25) is 14.6 Å². The maximum Gasteiger partial charge on any atom is 0.338 e. The molecule has 2 aliphatic rings. The first-order valence-electron chi connectivity index (χ1n) is 12.7. The van der Waals surface area contributed by atoms with Gasteiger partial charge in [0.2, 0.25) is 0 Å². The fourth-order valence-electron chi connectivity index (χ4n) is 4.83. The van der Waals surface area contributed by atoms with Crippen LogP contribution in [0, 0.1) is 6.92 Å². The molecule has 202 valence electrons. The highest BCUT2D eigenvalue weighted by Crippen LogP contribution is 2.36. The van der Waals surface area contributed by atoms with Crippen LogP contribution in [0.4, 0.5) is 4.79 Å². The second-order valence-electron chi connectivity index (χ2n) is 9.31. The fourth-order valence-corrected chi connectivity index (χ4v) is 5.34. The Hall–Kier alpha value is -3.07. The van der Waals surface area contributed by atoms with Gasteiger partial charge in [-0.15, -0.1) is 0 Å². The first-order valence-corrected chi connectivity index (χ1v) is 13.5. The van der Waals surface area contributed by atoms with Crippen LogP contribution >= 0.6 is 23.2 Å². The van der Waals surface area contributed by atoms with Crippen molar-refractivity contribution in [2.24, 2.45) is 0 Å². The summed E-state index contributed by atoms with van der Waals surface area (Å²) in [5, 5.41) is 3.72. The highest BCUT2D eigenvalue weighted by molar-refractivity contribution is 6.35. The molecular weight excluding hydrogens is 527 g/mol. The number of likely N-dealkylation sites (N-methyl/N-ethyl adjacent to an activating group) is 1. The second-order valence-corrected chi connectivity index (χ2v) is 10.2. The minimum absolute atomic E-state index is 0.000696. The minimum atomic E-state index is -0.784. The molecule has 0 radical (unpaired) electrons. The van der Waals surface area contributed by atoms with E-state index in [-0.39, 0.29) is 18.5 Å². The monoisotopic (exact) mass is 558 g/mol. The van der Waals surface area contributed by atoms with E-state index in [1.54, 1.807) is 30.0 Å². The summed E-state index contributed by atoms with van der Waals surface area (Å²) in [6.07, 6.45) is 0. The lowest BCUT2D eigenvalue weighted by Gasteiger charge is -2.40. The van der Waals surface area contributed by atoms with E-state index in [2.05, 4.69) is 10.2 Å². The van der Waals surface area contributed by atoms with E-state index in [0.717, 1.165) is 5.56 Å². The predicted octanol–water partition coefficient (Wildman–Crippen LogP) is 4.66. The molecule has 2 aromatic carbocycles. The Morgan fingerprint density at radius 1 is 1.03 bits per heavy atom. The standard InChI is InChI=1S/C28H32Cl2N4O4/c1-4-34-23(17-32-12-14-33(15-13-32)26(35)19-8-6-18(3)7-9-19)24(27(36)38-5-2)25(31-28(34)37)21-11-10-20(29)16-22(21)30/h6-11,16,25H,4-5,12-15,17H2,1-3H3,(H,31,37). The van der Waals surface area contributed by atoms with E-state index in [0.29, 0.717) is 71.7 Å². The molecule has 2 aromatic rings. The van der Waals surface area contributed by atoms with Crippen LogP contribution in [0.1, 0.15) is 41.4 Å². The Morgan fingerprint density at radius 3 is 2.32 bits per heavy atom. The van der Waals surface area contributed by atoms with Gasteiger partial charge in [0.1, 0.15) is 0 Å². The summed E-state index contributed by atoms with van der Waals surface area (Å²) in [6, 6.07) is 11.4. The number of hydrogen-bond donors (Lipinski definition) is 1. The quantitative estimate of drug-likeness (QED) is 0.499. The Bertz CT molecular complexity index is 1240. The van der Waals surface area contributed by atoms with Crippen molar-refractivity contribution in [3.8, 4) is 0 Å². The molecule has 3 amide bonds. The molecule has 4 rings (SSSR count). The molecule has 0 bridgehead atoms. The van der Waals surface area contributed by atoms with Gasteiger partial charge in [-0.2, -0.15) is 0 Å². The number of carbonyl (C=O) groups excluding carboxylic acids is 3. The zero-order valence-electron chi connectivity index (χ0n) is 21.8. The van der Waals surface area contributed by atoms with Gasteiger partial charge in [0.15, 0.2) is 0 Å². The Kier molecular flexibility index (Phi) is 8.97. The van der Waals surface area contributed by atoms with E-state index in [9.17, 15) is 14.4 Å². The minimum Gasteiger partial charge on any atom is -0.463 e. The summed E-state index contributed by atoms with van der Waals surface area (Å²) < 4.78 is 5.43. The van der Waals surface area contributed by atoms with Gasteiger partial charge in [0.05, 0.1) is 18.2 Å². The summed E-state index contributed by atoms with van der Waals surface area (Å²) in [5.74, 6) is -0.508. The van der Waals surface area contributed by atoms with Crippen LogP contribution in [0.2, 0.25) is 10.0 Å². The highest BCUT2D eigenvalue weighted by atomic mass is 35.5. The number of hydrogen-bond acceptors (Lipinski definition) is 5. The molecule has 1 fully saturated rings. The van der Waals surface area contributed by atoms with Crippen LogP contribution in [0.15, 0.2) is 53.7 Å². The average molecular weight is 559 g/mol. The van der Waals surface area contributed by atoms with Crippen molar-refractivity contribution in [3.05, 3.63) is 80.5 Å². The van der Waals surface area contributed by atoms with Gasteiger partial charge >= 0.3 is 12.0 Å². The smallest absolute Gasteiger partial charge is 0.338 e. The lowest BCUT2D eigenvalue weighted by Crippen LogP contribution is -2.53. The SMILES string of the molecule is CCOC(=O)C1=C(CN2CCN(C(=O)c3ccc(C)cc3)CC2)N(CC)C(=O)NC1c1ccc(Cl)cc1Cl. The van der Waals surface area contributed by atoms with Crippen LogP contribution in [0.5, 0.6) is 0 Å². The topological polar surface area (TPSA) is 82.2 Å². The Labute approximate surface area is 233 Å². The maximum atomic E-state index is 13.3. The van der Waals surface area contributed by atoms with Crippen molar-refractivity contribution >= 4 is 41.1 Å². The third-order valence-electron chi connectivity index (χ3n) is 6.85. The Balaban J connectivity index is 1.61. The third-order valence-corrected chi connectivity index (χ3v) is 7.42. The Morgan fingerprint density at radius 2 is 1.71 bits per heavy atom. The van der Waals surface area contributed by atoms with E-state index in [4.69, 9.17) is 27.9 Å². The number of nitrogens with zero attached hydrogens (tertiary/aromatic N) is 3. The van der Waals surface area contributed by atoms with Crippen molar-refractivity contribution in [3.63, 3.8) is 0 Å². The molecule has 10 heteroatoms. The summed E-state index contributed by atoms with van der Waals surface area (Å²) in [5.41, 5.74) is 3.25. The van der Waals surface area contributed by atoms with Gasteiger partial charge < -0.3 is 15.0 Å². The van der Waals surface area contributed by atoms with E-state index < -0.39 is 12.0 Å². The summed E-state index contributed by atoms with van der Waals surface area (Å²) in [7, 11) is 0. The maximum absolute atomic E-state index is 13.3. The van der Waals surface area contributed by atoms with Gasteiger partial charge in [-0.05, 0) is 50.6 Å². The van der Waals surface area contributed by atoms with Gasteiger partial charge in [0, 0.05) is 60.6 Å². The molecular formula is C28H32Cl2N4O4. The summed E-state index contributed by atoms with van der Waals surface area (Å²) in [4.78, 5) is 45.0. The lowest BCUT2D eigenvalue weighted by atomic mass is 9.94. The van der Waals surface area contributed by atoms with Gasteiger partial charge in [-0.1, -0.05) is 47.0 Å². The largest absolute Gasteiger partial charge is 0.463 e. The molecule has 2 aliphatic heterocycles. The molecule has 1 saturated heterocycles. The van der Waals surface area contributed by atoms with Crippen LogP contribution in [-0.4, -0.2) is 78.5 Å². The van der Waals surface area contributed by atoms with Crippen LogP contribution < -0.4 is 5.32 Å². The van der Waals surface area contributed by atoms with E-state index in [1.165, 1.54) is 0 Å². The van der Waals surface area contributed by atoms with Gasteiger partial charge in [-0.25, -0.2) is 9.59 Å². The molecule has 0 aliphatic carbocycles. The number of carbonyl (C=O) groups is 3. The first-order chi connectivity index (χ1) is 18.2. The number of benzene rings is 2. The van der Waals surface area contributed by atoms with Gasteiger partial charge in [0.25, 0.3) is 5.91 Å². The zero-order valence-corrected chi connectivity index (χ0v) is 23.3. The molecule has 0 spiro atoms. The number of esters is 1. The van der Waals surface area contributed by atoms with E-state index >= 15 is 0 Å². The summed E-state index contributed by atoms with van der Waals surface area (Å²) in [6.45, 7) is 8.78. The number of urea groups is 1. The van der Waals surface area contributed by atoms with E-state index in [1.807, 2.05) is 43.0 Å². The molecule has 1 unspecified atom stereocenters. The molecule has 1 N–H and O–H groups in total. The van der Waals surface area contributed by atoms with Crippen molar-refractivity contribution in [1.82, 2.24) is 20.0 Å². The zero-order chi connectivity index (χ0) is 27.4. The second kappa shape index (κ2) is 12.2. The normalized spacial score (nSPS) is 18.4. The van der Waals surface area contributed by atoms with Crippen molar-refractivity contribution in [1.29, 1.82) is 0 Å². The predicted molar refractivity (Wildman–Crippen MR) is 147 cm³/mol. The average Bonchev–Trinajstić information content (AvgIpc) is 2.89. The molecule has 38 heavy (non-hydrogen) atoms. The first kappa shape index (κ1) is 28.0. The molecule has 1 atom stereocenters. The summed E-state index contributed by atoms with van der Waals surface area (Å²) >= 11 is 12.6. The molecule has 0 aromatic heterocycles. The molecule has 8 nitrogen and oxygen atoms in total. The lowest BCUT2D eigenvalue weighted by molar-refractivity contribution is -0.139. The number of nitrogens with one attached hydrogen (secondary N) is 1. The number of aryl methyl sites for hydroxylation is 1. The third kappa shape index (κ3) is 5.98. The fraction of sp³-hybridized carbons (Fsp3) is 0.393. The number of piperazine rings is 1. The van der Waals surface area contributed by atoms with Crippen molar-refractivity contribution in [2.45, 2.75) is 26.8 Å². The van der Waals surface area contributed by atoms with Crippen molar-refractivity contribution in [2.75, 3.05) is 45.9 Å². The van der Waals surface area contributed by atoms with Crippen molar-refractivity contribution < 1.29 is 19.1 Å². The number of rotatable bonds is 7. The molecule has 2 heterocycles. The number of amides is 3. The van der Waals surface area contributed by atoms with Crippen LogP contribution in [0.25, 0.3) is 0 Å². The number of halogens is 2. The van der Waals surface area contributed by atoms with Crippen LogP contribution in [0.3, 0.4) is 0 Å². The highest BCUT2D eigenvalue weighted by Gasteiger charge is 2.39. The van der Waals surface area contributed by atoms with Crippen LogP contribution in [-0.2, 0) is 9.53 Å². The molecule has 0 saturated carbocycles. The number of ether oxygens (including phenoxy) is 1.